The number of nitrogens with one attached hydrogen (secondary N) is 1. The fraction of sp³-hybridized carbons (Fsp3) is 0.207. The van der Waals surface area contributed by atoms with Gasteiger partial charge >= 0.3 is 0 Å². The molecule has 0 bridgehead atoms. The Balaban J connectivity index is 1.49. The zero-order chi connectivity index (χ0) is 25.4. The van der Waals surface area contributed by atoms with E-state index in [1.807, 2.05) is 45.7 Å². The SMILES string of the molecule is COc1ccc([C@@H]2c3ccc4ccccc4c3Oc3ncn(CCCn4ccnc4)c(=N)c32)cc1OC. The minimum absolute atomic E-state index is 0.260. The number of rotatable bonds is 7. The van der Waals surface area contributed by atoms with E-state index in [0.29, 0.717) is 29.4 Å². The minimum atomic E-state index is -0.260. The van der Waals surface area contributed by atoms with Gasteiger partial charge in [-0.3, -0.25) is 5.41 Å². The van der Waals surface area contributed by atoms with E-state index in [1.54, 1.807) is 33.1 Å². The van der Waals surface area contributed by atoms with E-state index in [9.17, 15) is 5.41 Å². The predicted molar refractivity (Wildman–Crippen MR) is 139 cm³/mol. The Morgan fingerprint density at radius 3 is 2.65 bits per heavy atom. The first-order chi connectivity index (χ1) is 18.2. The number of ether oxygens (including phenoxy) is 3. The Hall–Kier alpha value is -4.59. The zero-order valence-corrected chi connectivity index (χ0v) is 20.7. The summed E-state index contributed by atoms with van der Waals surface area (Å²) >= 11 is 0. The highest BCUT2D eigenvalue weighted by Crippen LogP contribution is 2.48. The van der Waals surface area contributed by atoms with Gasteiger partial charge in [0, 0.05) is 42.4 Å². The summed E-state index contributed by atoms with van der Waals surface area (Å²) in [7, 11) is 3.26. The maximum Gasteiger partial charge on any atom is 0.228 e. The van der Waals surface area contributed by atoms with Gasteiger partial charge < -0.3 is 23.3 Å². The molecule has 0 unspecified atom stereocenters. The molecule has 186 valence electrons. The average Bonchev–Trinajstić information content (AvgIpc) is 3.46. The molecule has 0 saturated heterocycles. The Bertz CT molecular complexity index is 1640. The zero-order valence-electron chi connectivity index (χ0n) is 20.7. The number of imidazole rings is 1. The molecule has 0 amide bonds. The number of nitrogens with zero attached hydrogens (tertiary/aromatic N) is 4. The normalized spacial score (nSPS) is 14.1. The third-order valence-corrected chi connectivity index (χ3v) is 6.91. The molecule has 37 heavy (non-hydrogen) atoms. The Morgan fingerprint density at radius 1 is 0.973 bits per heavy atom. The molecule has 3 aromatic carbocycles. The average molecular weight is 494 g/mol. The Labute approximate surface area is 214 Å². The van der Waals surface area contributed by atoms with Crippen molar-refractivity contribution in [2.75, 3.05) is 14.2 Å². The molecule has 5 aromatic rings. The molecule has 1 aliphatic heterocycles. The van der Waals surface area contributed by atoms with E-state index >= 15 is 0 Å². The van der Waals surface area contributed by atoms with Crippen LogP contribution in [0, 0.1) is 5.41 Å². The third-order valence-electron chi connectivity index (χ3n) is 6.91. The third kappa shape index (κ3) is 4.00. The van der Waals surface area contributed by atoms with Crippen molar-refractivity contribution >= 4 is 10.8 Å². The molecule has 6 rings (SSSR count). The Kier molecular flexibility index (Phi) is 5.84. The first-order valence-electron chi connectivity index (χ1n) is 12.2. The van der Waals surface area contributed by atoms with Crippen molar-refractivity contribution in [1.82, 2.24) is 19.1 Å². The van der Waals surface area contributed by atoms with E-state index in [0.717, 1.165) is 46.2 Å². The van der Waals surface area contributed by atoms with E-state index in [4.69, 9.17) is 19.2 Å². The molecule has 3 heterocycles. The summed E-state index contributed by atoms with van der Waals surface area (Å²) in [6, 6.07) is 18.3. The summed E-state index contributed by atoms with van der Waals surface area (Å²) in [4.78, 5) is 8.81. The first-order valence-corrected chi connectivity index (χ1v) is 12.2. The lowest BCUT2D eigenvalue weighted by atomic mass is 9.82. The van der Waals surface area contributed by atoms with Crippen LogP contribution in [0.2, 0.25) is 0 Å². The van der Waals surface area contributed by atoms with Crippen LogP contribution in [0.3, 0.4) is 0 Å². The molecule has 0 spiro atoms. The number of aryl methyl sites for hydroxylation is 2. The monoisotopic (exact) mass is 493 g/mol. The lowest BCUT2D eigenvalue weighted by Crippen LogP contribution is -2.30. The number of fused-ring (bicyclic) bond motifs is 4. The van der Waals surface area contributed by atoms with Gasteiger partial charge in [0.1, 0.15) is 17.6 Å². The first kappa shape index (κ1) is 22.8. The highest BCUT2D eigenvalue weighted by molar-refractivity contribution is 5.91. The molecule has 1 atom stereocenters. The van der Waals surface area contributed by atoms with Gasteiger partial charge in [0.05, 0.1) is 26.1 Å². The summed E-state index contributed by atoms with van der Waals surface area (Å²) in [6.07, 6.45) is 8.07. The number of methoxy groups -OCH3 is 2. The Morgan fingerprint density at radius 2 is 1.84 bits per heavy atom. The second-order valence-electron chi connectivity index (χ2n) is 9.01. The van der Waals surface area contributed by atoms with Gasteiger partial charge in [-0.2, -0.15) is 0 Å². The van der Waals surface area contributed by atoms with Crippen molar-refractivity contribution < 1.29 is 14.2 Å². The van der Waals surface area contributed by atoms with Crippen molar-refractivity contribution in [3.8, 4) is 23.1 Å². The lowest BCUT2D eigenvalue weighted by Gasteiger charge is -2.29. The molecule has 8 heteroatoms. The summed E-state index contributed by atoms with van der Waals surface area (Å²) in [5, 5.41) is 11.3. The van der Waals surface area contributed by atoms with Crippen molar-refractivity contribution in [3.63, 3.8) is 0 Å². The summed E-state index contributed by atoms with van der Waals surface area (Å²) < 4.78 is 21.5. The van der Waals surface area contributed by atoms with E-state index in [1.165, 1.54) is 0 Å². The smallest absolute Gasteiger partial charge is 0.228 e. The van der Waals surface area contributed by atoms with Crippen molar-refractivity contribution in [2.45, 2.75) is 25.4 Å². The largest absolute Gasteiger partial charge is 0.493 e. The van der Waals surface area contributed by atoms with Crippen LogP contribution in [0.4, 0.5) is 0 Å². The molecule has 0 radical (unpaired) electrons. The molecular weight excluding hydrogens is 466 g/mol. The fourth-order valence-corrected chi connectivity index (χ4v) is 5.09. The van der Waals surface area contributed by atoms with Gasteiger partial charge in [0.25, 0.3) is 0 Å². The van der Waals surface area contributed by atoms with Crippen LogP contribution in [0.5, 0.6) is 23.1 Å². The van der Waals surface area contributed by atoms with Gasteiger partial charge in [-0.05, 0) is 29.5 Å². The van der Waals surface area contributed by atoms with Gasteiger partial charge in [-0.15, -0.1) is 0 Å². The van der Waals surface area contributed by atoms with Crippen LogP contribution in [0.1, 0.15) is 29.0 Å². The summed E-state index contributed by atoms with van der Waals surface area (Å²) in [5.74, 6) is 2.27. The predicted octanol–water partition coefficient (Wildman–Crippen LogP) is 5.11. The maximum atomic E-state index is 9.21. The molecular formula is C29H27N5O3. The van der Waals surface area contributed by atoms with Crippen molar-refractivity contribution in [3.05, 3.63) is 102 Å². The van der Waals surface area contributed by atoms with E-state index in [-0.39, 0.29) is 5.92 Å². The molecule has 0 fully saturated rings. The summed E-state index contributed by atoms with van der Waals surface area (Å²) in [6.45, 7) is 1.47. The molecule has 0 aliphatic carbocycles. The van der Waals surface area contributed by atoms with Crippen molar-refractivity contribution in [1.29, 1.82) is 5.41 Å². The fourth-order valence-electron chi connectivity index (χ4n) is 5.09. The van der Waals surface area contributed by atoms with Crippen LogP contribution in [-0.2, 0) is 13.1 Å². The van der Waals surface area contributed by atoms with Gasteiger partial charge in [-0.1, -0.05) is 42.5 Å². The molecule has 1 aliphatic rings. The second kappa shape index (κ2) is 9.46. The second-order valence-corrected chi connectivity index (χ2v) is 9.01. The lowest BCUT2D eigenvalue weighted by molar-refractivity contribution is 0.354. The van der Waals surface area contributed by atoms with E-state index < -0.39 is 0 Å². The van der Waals surface area contributed by atoms with Crippen LogP contribution in [0.25, 0.3) is 10.8 Å². The van der Waals surface area contributed by atoms with Crippen molar-refractivity contribution in [2.24, 2.45) is 0 Å². The van der Waals surface area contributed by atoms with E-state index in [2.05, 4.69) is 29.2 Å². The van der Waals surface area contributed by atoms with Crippen LogP contribution < -0.4 is 19.7 Å². The highest BCUT2D eigenvalue weighted by atomic mass is 16.5. The van der Waals surface area contributed by atoms with Crippen LogP contribution >= 0.6 is 0 Å². The number of hydrogen-bond donors (Lipinski definition) is 1. The molecule has 0 saturated carbocycles. The molecule has 1 N–H and O–H groups in total. The van der Waals surface area contributed by atoms with Crippen LogP contribution in [0.15, 0.2) is 79.6 Å². The number of hydrogen-bond acceptors (Lipinski definition) is 6. The standard InChI is InChI=1S/C29H27N5O3/c1-35-23-11-9-20(16-24(23)36-2)25-22-10-8-19-6-3-4-7-21(19)27(22)37-29-26(25)28(30)34(18-32-29)14-5-13-33-15-12-31-17-33/h3-4,6-12,15-18,25,30H,5,13-14H2,1-2H3/t25-/m1/s1. The topological polar surface area (TPSA) is 87.2 Å². The molecule has 8 nitrogen and oxygen atoms in total. The highest BCUT2D eigenvalue weighted by Gasteiger charge is 2.33. The minimum Gasteiger partial charge on any atom is -0.493 e. The quantitative estimate of drug-likeness (QED) is 0.334. The van der Waals surface area contributed by atoms with Crippen LogP contribution in [-0.4, -0.2) is 33.3 Å². The van der Waals surface area contributed by atoms with Gasteiger partial charge in [0.15, 0.2) is 11.5 Å². The van der Waals surface area contributed by atoms with Gasteiger partial charge in [0.2, 0.25) is 5.88 Å². The molecule has 2 aromatic heterocycles. The summed E-state index contributed by atoms with van der Waals surface area (Å²) in [5.41, 5.74) is 3.09. The maximum absolute atomic E-state index is 9.21. The van der Waals surface area contributed by atoms with Gasteiger partial charge in [-0.25, -0.2) is 9.97 Å². The number of benzene rings is 3. The number of aromatic nitrogens is 4.